The normalized spacial score (nSPS) is 24.9. The van der Waals surface area contributed by atoms with E-state index in [1.54, 1.807) is 7.11 Å². The minimum Gasteiger partial charge on any atom is -0.480 e. The average Bonchev–Trinajstić information content (AvgIpc) is 2.69. The Morgan fingerprint density at radius 2 is 2.22 bits per heavy atom. The van der Waals surface area contributed by atoms with Crippen LogP contribution in [0.25, 0.3) is 0 Å². The van der Waals surface area contributed by atoms with Crippen LogP contribution >= 0.6 is 0 Å². The molecule has 18 heavy (non-hydrogen) atoms. The number of ether oxygens (including phenoxy) is 1. The number of nitrogens with zero attached hydrogens (tertiary/aromatic N) is 1. The fourth-order valence-electron chi connectivity index (χ4n) is 1.93. The highest BCUT2D eigenvalue weighted by molar-refractivity contribution is 5.83. The Labute approximate surface area is 106 Å². The van der Waals surface area contributed by atoms with E-state index in [-0.39, 0.29) is 19.0 Å². The molecule has 7 nitrogen and oxygen atoms in total. The summed E-state index contributed by atoms with van der Waals surface area (Å²) in [5, 5.41) is 21.1. The van der Waals surface area contributed by atoms with E-state index < -0.39 is 24.1 Å². The number of β-amino-alcohol motifs (C(OH)–C–C–N with tert-alkyl or cyclic N) is 1. The van der Waals surface area contributed by atoms with Crippen LogP contribution in [-0.4, -0.2) is 65.6 Å². The van der Waals surface area contributed by atoms with Crippen molar-refractivity contribution in [1.82, 2.24) is 10.2 Å². The summed E-state index contributed by atoms with van der Waals surface area (Å²) in [5.74, 6) is -1.09. The van der Waals surface area contributed by atoms with Crippen molar-refractivity contribution in [2.75, 3.05) is 20.3 Å². The minimum absolute atomic E-state index is 0.0554. The van der Waals surface area contributed by atoms with Gasteiger partial charge in [-0.15, -0.1) is 0 Å². The van der Waals surface area contributed by atoms with E-state index in [0.29, 0.717) is 13.0 Å². The largest absolute Gasteiger partial charge is 0.480 e. The van der Waals surface area contributed by atoms with Gasteiger partial charge in [0, 0.05) is 32.7 Å². The molecule has 1 unspecified atom stereocenters. The van der Waals surface area contributed by atoms with Crippen molar-refractivity contribution in [2.24, 2.45) is 0 Å². The first-order chi connectivity index (χ1) is 8.45. The first-order valence-corrected chi connectivity index (χ1v) is 5.92. The van der Waals surface area contributed by atoms with Crippen LogP contribution in [0.15, 0.2) is 0 Å². The summed E-state index contributed by atoms with van der Waals surface area (Å²) in [6, 6.07) is -1.51. The van der Waals surface area contributed by atoms with Crippen LogP contribution in [0.4, 0.5) is 4.79 Å². The van der Waals surface area contributed by atoms with Crippen LogP contribution in [0.2, 0.25) is 0 Å². The van der Waals surface area contributed by atoms with Crippen LogP contribution in [0.5, 0.6) is 0 Å². The highest BCUT2D eigenvalue weighted by Gasteiger charge is 2.39. The SMILES string of the molecule is COCCC(C)NC(=O)N1C[C@H](O)C[C@H]1C(=O)O. The van der Waals surface area contributed by atoms with Gasteiger partial charge in [0.05, 0.1) is 6.10 Å². The molecular formula is C11H20N2O5. The number of aliphatic carboxylic acids is 1. The summed E-state index contributed by atoms with van der Waals surface area (Å²) in [7, 11) is 1.58. The lowest BCUT2D eigenvalue weighted by atomic mass is 10.2. The molecule has 1 saturated heterocycles. The van der Waals surface area contributed by atoms with Crippen molar-refractivity contribution in [3.05, 3.63) is 0 Å². The summed E-state index contributed by atoms with van der Waals surface area (Å²) >= 11 is 0. The third-order valence-electron chi connectivity index (χ3n) is 2.95. The van der Waals surface area contributed by atoms with Crippen LogP contribution in [-0.2, 0) is 9.53 Å². The smallest absolute Gasteiger partial charge is 0.326 e. The maximum atomic E-state index is 11.9. The molecule has 0 aromatic heterocycles. The zero-order valence-corrected chi connectivity index (χ0v) is 10.6. The number of likely N-dealkylation sites (tertiary alicyclic amines) is 1. The number of carboxylic acids is 1. The number of aliphatic hydroxyl groups excluding tert-OH is 1. The molecule has 0 spiro atoms. The molecular weight excluding hydrogens is 240 g/mol. The first-order valence-electron chi connectivity index (χ1n) is 5.92. The van der Waals surface area contributed by atoms with Gasteiger partial charge < -0.3 is 25.2 Å². The van der Waals surface area contributed by atoms with Crippen molar-refractivity contribution in [2.45, 2.75) is 38.0 Å². The zero-order chi connectivity index (χ0) is 13.7. The Bertz CT molecular complexity index is 310. The molecule has 3 atom stereocenters. The summed E-state index contributed by atoms with van der Waals surface area (Å²) in [4.78, 5) is 24.0. The maximum absolute atomic E-state index is 11.9. The Morgan fingerprint density at radius 3 is 2.78 bits per heavy atom. The summed E-state index contributed by atoms with van der Waals surface area (Å²) in [6.07, 6.45) is -0.0443. The number of methoxy groups -OCH3 is 1. The molecule has 0 aliphatic carbocycles. The Kier molecular flexibility index (Phi) is 5.36. The quantitative estimate of drug-likeness (QED) is 0.627. The van der Waals surface area contributed by atoms with E-state index in [9.17, 15) is 14.7 Å². The molecule has 1 aliphatic heterocycles. The number of amides is 2. The molecule has 0 aromatic rings. The zero-order valence-electron chi connectivity index (χ0n) is 10.6. The lowest BCUT2D eigenvalue weighted by molar-refractivity contribution is -0.141. The lowest BCUT2D eigenvalue weighted by Gasteiger charge is -2.24. The van der Waals surface area contributed by atoms with E-state index in [0.717, 1.165) is 4.90 Å². The van der Waals surface area contributed by atoms with E-state index in [4.69, 9.17) is 9.84 Å². The van der Waals surface area contributed by atoms with Crippen molar-refractivity contribution in [3.8, 4) is 0 Å². The second kappa shape index (κ2) is 6.55. The molecule has 0 aromatic carbocycles. The topological polar surface area (TPSA) is 99.1 Å². The first kappa shape index (κ1) is 14.7. The Hall–Kier alpha value is -1.34. The van der Waals surface area contributed by atoms with Crippen molar-refractivity contribution in [3.63, 3.8) is 0 Å². The number of nitrogens with one attached hydrogen (secondary N) is 1. The number of carboxylic acid groups (broad SMARTS) is 1. The standard InChI is InChI=1S/C11H20N2O5/c1-7(3-4-18-2)12-11(17)13-6-8(14)5-9(13)10(15)16/h7-9,14H,3-6H2,1-2H3,(H,12,17)(H,15,16)/t7?,8-,9+/m1/s1. The fraction of sp³-hybridized carbons (Fsp3) is 0.818. The van der Waals surface area contributed by atoms with Gasteiger partial charge in [0.25, 0.3) is 0 Å². The van der Waals surface area contributed by atoms with Crippen molar-refractivity contribution < 1.29 is 24.5 Å². The van der Waals surface area contributed by atoms with Gasteiger partial charge in [-0.05, 0) is 13.3 Å². The van der Waals surface area contributed by atoms with Gasteiger partial charge in [0.15, 0.2) is 0 Å². The van der Waals surface area contributed by atoms with E-state index >= 15 is 0 Å². The van der Waals surface area contributed by atoms with Gasteiger partial charge in [-0.3, -0.25) is 0 Å². The number of rotatable bonds is 5. The second-order valence-corrected chi connectivity index (χ2v) is 4.53. The molecule has 0 radical (unpaired) electrons. The average molecular weight is 260 g/mol. The number of carbonyl (C=O) groups excluding carboxylic acids is 1. The number of aliphatic hydroxyl groups is 1. The highest BCUT2D eigenvalue weighted by atomic mass is 16.5. The molecule has 1 rings (SSSR count). The monoisotopic (exact) mass is 260 g/mol. The third-order valence-corrected chi connectivity index (χ3v) is 2.95. The molecule has 2 amide bonds. The van der Waals surface area contributed by atoms with Crippen molar-refractivity contribution in [1.29, 1.82) is 0 Å². The number of hydrogen-bond acceptors (Lipinski definition) is 4. The van der Waals surface area contributed by atoms with Crippen LogP contribution in [0, 0.1) is 0 Å². The van der Waals surface area contributed by atoms with Gasteiger partial charge in [-0.1, -0.05) is 0 Å². The van der Waals surface area contributed by atoms with Gasteiger partial charge >= 0.3 is 12.0 Å². The molecule has 0 bridgehead atoms. The Balaban J connectivity index is 2.52. The van der Waals surface area contributed by atoms with Crippen LogP contribution in [0.3, 0.4) is 0 Å². The van der Waals surface area contributed by atoms with Gasteiger partial charge in [-0.2, -0.15) is 0 Å². The molecule has 3 N–H and O–H groups in total. The minimum atomic E-state index is -1.09. The van der Waals surface area contributed by atoms with E-state index in [2.05, 4.69) is 5.32 Å². The highest BCUT2D eigenvalue weighted by Crippen LogP contribution is 2.18. The number of hydrogen-bond donors (Lipinski definition) is 3. The van der Waals surface area contributed by atoms with Gasteiger partial charge in [0.2, 0.25) is 0 Å². The van der Waals surface area contributed by atoms with E-state index in [1.165, 1.54) is 0 Å². The molecule has 0 saturated carbocycles. The number of carbonyl (C=O) groups is 2. The summed E-state index contributed by atoms with van der Waals surface area (Å²) in [5.41, 5.74) is 0. The fourth-order valence-corrected chi connectivity index (χ4v) is 1.93. The third kappa shape index (κ3) is 3.85. The number of urea groups is 1. The molecule has 1 heterocycles. The molecule has 1 aliphatic rings. The lowest BCUT2D eigenvalue weighted by Crippen LogP contribution is -2.48. The van der Waals surface area contributed by atoms with Gasteiger partial charge in [0.1, 0.15) is 6.04 Å². The molecule has 104 valence electrons. The van der Waals surface area contributed by atoms with Crippen molar-refractivity contribution >= 4 is 12.0 Å². The maximum Gasteiger partial charge on any atom is 0.326 e. The predicted molar refractivity (Wildman–Crippen MR) is 63.2 cm³/mol. The summed E-state index contributed by atoms with van der Waals surface area (Å²) in [6.45, 7) is 2.39. The Morgan fingerprint density at radius 1 is 1.56 bits per heavy atom. The van der Waals surface area contributed by atoms with Gasteiger partial charge in [-0.25, -0.2) is 9.59 Å². The second-order valence-electron chi connectivity index (χ2n) is 4.53. The van der Waals surface area contributed by atoms with Crippen LogP contribution in [0.1, 0.15) is 19.8 Å². The van der Waals surface area contributed by atoms with Crippen LogP contribution < -0.4 is 5.32 Å². The predicted octanol–water partition coefficient (Wildman–Crippen LogP) is -0.359. The van der Waals surface area contributed by atoms with E-state index in [1.807, 2.05) is 6.92 Å². The molecule has 1 fully saturated rings. The summed E-state index contributed by atoms with van der Waals surface area (Å²) < 4.78 is 4.90. The molecule has 7 heteroatoms.